The quantitative estimate of drug-likeness (QED) is 0.733. The Kier molecular flexibility index (Phi) is 7.72. The highest BCUT2D eigenvalue weighted by atomic mass is 36.0. The first kappa shape index (κ1) is 22.5. The van der Waals surface area contributed by atoms with E-state index in [1.807, 2.05) is 26.0 Å². The topological polar surface area (TPSA) is 76.9 Å². The molecule has 0 saturated heterocycles. The van der Waals surface area contributed by atoms with Crippen molar-refractivity contribution < 1.29 is 21.6 Å². The minimum atomic E-state index is -4.56. The first-order valence-corrected chi connectivity index (χ1v) is 10.5. The van der Waals surface area contributed by atoms with Crippen LogP contribution in [0.3, 0.4) is 0 Å². The molecule has 146 valence electrons. The highest BCUT2D eigenvalue weighted by Gasteiger charge is 2.37. The van der Waals surface area contributed by atoms with Crippen molar-refractivity contribution in [1.82, 2.24) is 14.8 Å². The van der Waals surface area contributed by atoms with Gasteiger partial charge in [0.25, 0.3) is 5.82 Å². The van der Waals surface area contributed by atoms with Gasteiger partial charge in [0, 0.05) is 28.4 Å². The molecule has 0 spiro atoms. The molecule has 0 aliphatic carbocycles. The number of hydrogen-bond acceptors (Lipinski definition) is 5. The van der Waals surface area contributed by atoms with Crippen LogP contribution in [0, 0.1) is 0 Å². The Morgan fingerprint density at radius 2 is 1.77 bits per heavy atom. The Bertz CT molecular complexity index is 846. The number of alkyl halides is 3. The van der Waals surface area contributed by atoms with Gasteiger partial charge in [0.15, 0.2) is 0 Å². The van der Waals surface area contributed by atoms with E-state index < -0.39 is 20.3 Å². The Labute approximate surface area is 158 Å². The molecule has 2 aromatic rings. The molecule has 1 aromatic carbocycles. The number of aromatic nitrogens is 3. The number of nitrogens with zero attached hydrogens (tertiary/aromatic N) is 3. The minimum Gasteiger partial charge on any atom is -0.357 e. The molecule has 2 rings (SSSR count). The lowest BCUT2D eigenvalue weighted by Crippen LogP contribution is -2.09. The van der Waals surface area contributed by atoms with E-state index in [1.165, 1.54) is 11.7 Å². The second kappa shape index (κ2) is 8.92. The number of hydrogen-bond donors (Lipinski definition) is 1. The van der Waals surface area contributed by atoms with Crippen LogP contribution in [0.1, 0.15) is 30.8 Å². The maximum absolute atomic E-state index is 12.8. The molecule has 0 radical (unpaired) electrons. The summed E-state index contributed by atoms with van der Waals surface area (Å²) in [5.41, 5.74) is 2.68. The fourth-order valence-electron chi connectivity index (χ4n) is 2.11. The number of rotatable bonds is 4. The van der Waals surface area contributed by atoms with Crippen LogP contribution in [-0.4, -0.2) is 30.2 Å². The SMILES string of the molecule is CCc1ccc(-n2nc(C(F)(F)F)nc2NC)c(CC)c1.O=S(=O)(Cl)Cl. The van der Waals surface area contributed by atoms with E-state index in [1.54, 1.807) is 6.07 Å². The van der Waals surface area contributed by atoms with Crippen LogP contribution < -0.4 is 5.32 Å². The van der Waals surface area contributed by atoms with Gasteiger partial charge in [-0.15, -0.1) is 5.10 Å². The third-order valence-electron chi connectivity index (χ3n) is 3.25. The molecule has 26 heavy (non-hydrogen) atoms. The lowest BCUT2D eigenvalue weighted by molar-refractivity contribution is -0.144. The normalized spacial score (nSPS) is 11.7. The van der Waals surface area contributed by atoms with Crippen molar-refractivity contribution in [3.63, 3.8) is 0 Å². The third-order valence-corrected chi connectivity index (χ3v) is 3.25. The van der Waals surface area contributed by atoms with Gasteiger partial charge in [-0.3, -0.25) is 0 Å². The van der Waals surface area contributed by atoms with Gasteiger partial charge < -0.3 is 5.32 Å². The number of nitrogens with one attached hydrogen (secondary N) is 1. The molecule has 6 nitrogen and oxygen atoms in total. The molecule has 0 aliphatic heterocycles. The van der Waals surface area contributed by atoms with Crippen LogP contribution in [0.4, 0.5) is 19.1 Å². The zero-order valence-electron chi connectivity index (χ0n) is 14.1. The summed E-state index contributed by atoms with van der Waals surface area (Å²) in [6, 6.07) is 5.67. The van der Waals surface area contributed by atoms with Gasteiger partial charge in [0.05, 0.1) is 5.69 Å². The molecule has 1 N–H and O–H groups in total. The second-order valence-electron chi connectivity index (χ2n) is 4.97. The van der Waals surface area contributed by atoms with E-state index in [9.17, 15) is 13.2 Å². The van der Waals surface area contributed by atoms with E-state index in [0.717, 1.165) is 17.5 Å². The molecule has 0 amide bonds. The fourth-order valence-corrected chi connectivity index (χ4v) is 2.11. The van der Waals surface area contributed by atoms with Crippen LogP contribution in [0.15, 0.2) is 18.2 Å². The highest BCUT2D eigenvalue weighted by molar-refractivity contribution is 8.31. The number of aryl methyl sites for hydroxylation is 2. The Hall–Kier alpha value is -1.52. The van der Waals surface area contributed by atoms with Crippen LogP contribution >= 0.6 is 21.4 Å². The summed E-state index contributed by atoms with van der Waals surface area (Å²) in [7, 11) is 6.33. The van der Waals surface area contributed by atoms with Crippen molar-refractivity contribution in [1.29, 1.82) is 0 Å². The molecule has 0 saturated carbocycles. The van der Waals surface area contributed by atoms with E-state index in [-0.39, 0.29) is 5.95 Å². The molecule has 0 unspecified atom stereocenters. The molecule has 0 aliphatic rings. The summed E-state index contributed by atoms with van der Waals surface area (Å²) >= 11 is 0. The maximum atomic E-state index is 12.8. The van der Waals surface area contributed by atoms with Gasteiger partial charge in [-0.05, 0) is 30.0 Å². The van der Waals surface area contributed by atoms with Crippen molar-refractivity contribution in [2.75, 3.05) is 12.4 Å². The van der Waals surface area contributed by atoms with E-state index >= 15 is 0 Å². The predicted octanol–water partition coefficient (Wildman–Crippen LogP) is 4.16. The van der Waals surface area contributed by atoms with Gasteiger partial charge in [0.1, 0.15) is 0 Å². The lowest BCUT2D eigenvalue weighted by atomic mass is 10.0. The van der Waals surface area contributed by atoms with Crippen LogP contribution in [0.5, 0.6) is 0 Å². The molecule has 1 heterocycles. The van der Waals surface area contributed by atoms with Crippen LogP contribution in [-0.2, 0) is 27.3 Å². The summed E-state index contributed by atoms with van der Waals surface area (Å²) < 4.78 is 57.8. The largest absolute Gasteiger partial charge is 0.453 e. The zero-order chi connectivity index (χ0) is 20.1. The number of anilines is 1. The highest BCUT2D eigenvalue weighted by Crippen LogP contribution is 2.29. The average Bonchev–Trinajstić information content (AvgIpc) is 2.97. The number of halogens is 5. The molecule has 0 atom stereocenters. The summed E-state index contributed by atoms with van der Waals surface area (Å²) in [5, 5.41) is 6.26. The van der Waals surface area contributed by atoms with Crippen molar-refractivity contribution in [2.45, 2.75) is 32.9 Å². The number of benzene rings is 1. The molecule has 12 heteroatoms. The van der Waals surface area contributed by atoms with Crippen molar-refractivity contribution in [2.24, 2.45) is 0 Å². The van der Waals surface area contributed by atoms with Gasteiger partial charge in [-0.2, -0.15) is 31.3 Å². The van der Waals surface area contributed by atoms with Crippen molar-refractivity contribution in [3.05, 3.63) is 35.2 Å². The standard InChI is InChI=1S/C14H17F3N4.Cl2O2S/c1-4-9-6-7-11(10(5-2)8-9)21-13(18-3)19-12(20-21)14(15,16)17;1-5(2,3)4/h6-8H,4-5H2,1-3H3,(H,18,19,20);. The zero-order valence-corrected chi connectivity index (χ0v) is 16.4. The molecule has 1 aromatic heterocycles. The summed E-state index contributed by atoms with van der Waals surface area (Å²) in [4.78, 5) is 3.51. The molecular formula is C14H17Cl2F3N4O2S. The van der Waals surface area contributed by atoms with E-state index in [2.05, 4.69) is 36.8 Å². The summed E-state index contributed by atoms with van der Waals surface area (Å²) in [5.74, 6) is -1.07. The second-order valence-corrected chi connectivity index (χ2v) is 8.64. The molecular weight excluding hydrogens is 416 g/mol. The van der Waals surface area contributed by atoms with Gasteiger partial charge in [0.2, 0.25) is 5.95 Å². The summed E-state index contributed by atoms with van der Waals surface area (Å²) in [6.07, 6.45) is -2.99. The molecule has 0 fully saturated rings. The van der Waals surface area contributed by atoms with E-state index in [0.29, 0.717) is 12.1 Å². The van der Waals surface area contributed by atoms with Crippen molar-refractivity contribution in [3.8, 4) is 5.69 Å². The first-order chi connectivity index (χ1) is 11.9. The first-order valence-electron chi connectivity index (χ1n) is 7.39. The Balaban J connectivity index is 0.000000597. The third kappa shape index (κ3) is 6.65. The van der Waals surface area contributed by atoms with E-state index in [4.69, 9.17) is 8.42 Å². The van der Waals surface area contributed by atoms with Gasteiger partial charge >= 0.3 is 14.4 Å². The maximum Gasteiger partial charge on any atom is 0.453 e. The van der Waals surface area contributed by atoms with Crippen molar-refractivity contribution >= 4 is 35.6 Å². The van der Waals surface area contributed by atoms with Gasteiger partial charge in [-0.1, -0.05) is 26.0 Å². The Morgan fingerprint density at radius 3 is 2.19 bits per heavy atom. The van der Waals surface area contributed by atoms with Crippen LogP contribution in [0.25, 0.3) is 5.69 Å². The Morgan fingerprint density at radius 1 is 1.19 bits per heavy atom. The monoisotopic (exact) mass is 432 g/mol. The minimum absolute atomic E-state index is 0.0706. The predicted molar refractivity (Wildman–Crippen MR) is 95.3 cm³/mol. The van der Waals surface area contributed by atoms with Gasteiger partial charge in [-0.25, -0.2) is 0 Å². The summed E-state index contributed by atoms with van der Waals surface area (Å²) in [6.45, 7) is 3.99. The lowest BCUT2D eigenvalue weighted by Gasteiger charge is -2.11. The fraction of sp³-hybridized carbons (Fsp3) is 0.429. The average molecular weight is 433 g/mol. The van der Waals surface area contributed by atoms with Crippen LogP contribution in [0.2, 0.25) is 0 Å². The molecule has 0 bridgehead atoms. The smallest absolute Gasteiger partial charge is 0.357 e.